The van der Waals surface area contributed by atoms with E-state index in [1.165, 1.54) is 41.2 Å². The second-order valence-electron chi connectivity index (χ2n) is 7.71. The zero-order valence-corrected chi connectivity index (χ0v) is 15.6. The Labute approximate surface area is 155 Å². The van der Waals surface area contributed by atoms with Crippen LogP contribution in [0.3, 0.4) is 0 Å². The average molecular weight is 345 g/mol. The van der Waals surface area contributed by atoms with Crippen molar-refractivity contribution < 1.29 is 5.11 Å². The second-order valence-corrected chi connectivity index (χ2v) is 7.71. The molecule has 2 heteroatoms. The third-order valence-corrected chi connectivity index (χ3v) is 5.90. The molecule has 0 spiro atoms. The monoisotopic (exact) mass is 345 g/mol. The minimum atomic E-state index is 0.339. The van der Waals surface area contributed by atoms with E-state index in [9.17, 15) is 5.11 Å². The van der Waals surface area contributed by atoms with Crippen molar-refractivity contribution in [2.45, 2.75) is 51.1 Å². The normalized spacial score (nSPS) is 21.2. The molecule has 0 bridgehead atoms. The number of nitrogens with one attached hydrogen (secondary N) is 1. The summed E-state index contributed by atoms with van der Waals surface area (Å²) in [5.74, 6) is 0.984. The Morgan fingerprint density at radius 1 is 1.00 bits per heavy atom. The highest BCUT2D eigenvalue weighted by Crippen LogP contribution is 2.37. The summed E-state index contributed by atoms with van der Waals surface area (Å²) >= 11 is 0. The molecule has 1 fully saturated rings. The fourth-order valence-electron chi connectivity index (χ4n) is 4.44. The molecule has 3 aromatic rings. The van der Waals surface area contributed by atoms with Crippen molar-refractivity contribution in [3.8, 4) is 5.75 Å². The predicted octanol–water partition coefficient (Wildman–Crippen LogP) is 5.84. The van der Waals surface area contributed by atoms with Crippen LogP contribution >= 0.6 is 0 Å². The van der Waals surface area contributed by atoms with Crippen molar-refractivity contribution in [2.24, 2.45) is 0 Å². The Kier molecular flexibility index (Phi) is 4.69. The van der Waals surface area contributed by atoms with E-state index < -0.39 is 0 Å². The standard InChI is InChI=1S/C24H27NO/c1-16-14-19(11-13-24(16)26)20-10-12-21(15-20)25-17(2)22-9-5-7-18-6-3-4-8-23(18)22/h3-9,11,13-14,17,20-21,25-26H,10,12,15H2,1-2H3/t17-,20-,21?/m1/s1. The minimum Gasteiger partial charge on any atom is -0.508 e. The maximum Gasteiger partial charge on any atom is 0.118 e. The third kappa shape index (κ3) is 3.34. The number of rotatable bonds is 4. The lowest BCUT2D eigenvalue weighted by Gasteiger charge is -2.21. The lowest BCUT2D eigenvalue weighted by molar-refractivity contribution is 0.458. The minimum absolute atomic E-state index is 0.339. The molecule has 134 valence electrons. The molecule has 0 amide bonds. The Morgan fingerprint density at radius 3 is 2.65 bits per heavy atom. The summed E-state index contributed by atoms with van der Waals surface area (Å²) in [4.78, 5) is 0. The Morgan fingerprint density at radius 2 is 1.81 bits per heavy atom. The van der Waals surface area contributed by atoms with Crippen LogP contribution in [0.5, 0.6) is 5.75 Å². The van der Waals surface area contributed by atoms with Gasteiger partial charge in [-0.05, 0) is 72.6 Å². The van der Waals surface area contributed by atoms with Crippen molar-refractivity contribution in [3.05, 3.63) is 77.4 Å². The highest BCUT2D eigenvalue weighted by molar-refractivity contribution is 5.86. The number of hydrogen-bond donors (Lipinski definition) is 2. The van der Waals surface area contributed by atoms with Gasteiger partial charge in [-0.3, -0.25) is 0 Å². The van der Waals surface area contributed by atoms with Crippen LogP contribution < -0.4 is 5.32 Å². The van der Waals surface area contributed by atoms with Gasteiger partial charge in [0, 0.05) is 12.1 Å². The molecule has 26 heavy (non-hydrogen) atoms. The molecule has 3 atom stereocenters. The molecule has 1 aliphatic rings. The number of phenolic OH excluding ortho intramolecular Hbond substituents is 1. The fraction of sp³-hybridized carbons (Fsp3) is 0.333. The van der Waals surface area contributed by atoms with Gasteiger partial charge in [0.2, 0.25) is 0 Å². The van der Waals surface area contributed by atoms with Gasteiger partial charge in [0.15, 0.2) is 0 Å². The Hall–Kier alpha value is -2.32. The summed E-state index contributed by atoms with van der Waals surface area (Å²) < 4.78 is 0. The van der Waals surface area contributed by atoms with E-state index in [2.05, 4.69) is 66.8 Å². The quantitative estimate of drug-likeness (QED) is 0.622. The molecule has 0 heterocycles. The van der Waals surface area contributed by atoms with Crippen molar-refractivity contribution in [1.29, 1.82) is 0 Å². The third-order valence-electron chi connectivity index (χ3n) is 5.90. The summed E-state index contributed by atoms with van der Waals surface area (Å²) in [6, 6.07) is 22.2. The lowest BCUT2D eigenvalue weighted by atomic mass is 9.95. The number of aryl methyl sites for hydroxylation is 1. The van der Waals surface area contributed by atoms with E-state index >= 15 is 0 Å². The number of aromatic hydroxyl groups is 1. The van der Waals surface area contributed by atoms with Crippen molar-refractivity contribution in [1.82, 2.24) is 5.32 Å². The molecule has 3 aromatic carbocycles. The molecule has 2 N–H and O–H groups in total. The number of hydrogen-bond acceptors (Lipinski definition) is 2. The van der Waals surface area contributed by atoms with E-state index in [1.54, 1.807) is 0 Å². The maximum atomic E-state index is 9.76. The topological polar surface area (TPSA) is 32.3 Å². The summed E-state index contributed by atoms with van der Waals surface area (Å²) in [5, 5.41) is 16.3. The van der Waals surface area contributed by atoms with E-state index in [-0.39, 0.29) is 0 Å². The van der Waals surface area contributed by atoms with E-state index in [0.717, 1.165) is 5.56 Å². The highest BCUT2D eigenvalue weighted by atomic mass is 16.3. The zero-order valence-electron chi connectivity index (χ0n) is 15.6. The van der Waals surface area contributed by atoms with Crippen LogP contribution in [0.1, 0.15) is 54.8 Å². The first kappa shape index (κ1) is 17.1. The summed E-state index contributed by atoms with van der Waals surface area (Å²) in [6.45, 7) is 4.26. The van der Waals surface area contributed by atoms with E-state index in [0.29, 0.717) is 23.8 Å². The van der Waals surface area contributed by atoms with Crippen LogP contribution in [-0.4, -0.2) is 11.1 Å². The van der Waals surface area contributed by atoms with Gasteiger partial charge in [-0.1, -0.05) is 54.6 Å². The number of fused-ring (bicyclic) bond motifs is 1. The lowest BCUT2D eigenvalue weighted by Crippen LogP contribution is -2.29. The highest BCUT2D eigenvalue weighted by Gasteiger charge is 2.27. The van der Waals surface area contributed by atoms with Crippen molar-refractivity contribution in [3.63, 3.8) is 0 Å². The first-order valence-corrected chi connectivity index (χ1v) is 9.65. The molecular formula is C24H27NO. The zero-order chi connectivity index (χ0) is 18.1. The molecule has 0 saturated heterocycles. The largest absolute Gasteiger partial charge is 0.508 e. The summed E-state index contributed by atoms with van der Waals surface area (Å²) in [5.41, 5.74) is 3.72. The van der Waals surface area contributed by atoms with Crippen LogP contribution in [0.4, 0.5) is 0 Å². The first-order chi connectivity index (χ1) is 12.6. The molecule has 4 rings (SSSR count). The van der Waals surface area contributed by atoms with Gasteiger partial charge in [-0.2, -0.15) is 0 Å². The van der Waals surface area contributed by atoms with Crippen LogP contribution in [0.25, 0.3) is 10.8 Å². The Bertz CT molecular complexity index is 912. The molecule has 0 aromatic heterocycles. The Balaban J connectivity index is 1.47. The van der Waals surface area contributed by atoms with Gasteiger partial charge in [0.05, 0.1) is 0 Å². The first-order valence-electron chi connectivity index (χ1n) is 9.65. The van der Waals surface area contributed by atoms with E-state index in [4.69, 9.17) is 0 Å². The molecular weight excluding hydrogens is 318 g/mol. The van der Waals surface area contributed by atoms with Gasteiger partial charge < -0.3 is 10.4 Å². The maximum absolute atomic E-state index is 9.76. The number of phenols is 1. The molecule has 1 unspecified atom stereocenters. The van der Waals surface area contributed by atoms with Gasteiger partial charge in [-0.25, -0.2) is 0 Å². The van der Waals surface area contributed by atoms with Crippen molar-refractivity contribution in [2.75, 3.05) is 0 Å². The fourth-order valence-corrected chi connectivity index (χ4v) is 4.44. The molecule has 2 nitrogen and oxygen atoms in total. The smallest absolute Gasteiger partial charge is 0.118 e. The predicted molar refractivity (Wildman–Crippen MR) is 109 cm³/mol. The summed E-state index contributed by atoms with van der Waals surface area (Å²) in [7, 11) is 0. The van der Waals surface area contributed by atoms with Gasteiger partial charge in [-0.15, -0.1) is 0 Å². The van der Waals surface area contributed by atoms with Gasteiger partial charge in [0.1, 0.15) is 5.75 Å². The van der Waals surface area contributed by atoms with Gasteiger partial charge >= 0.3 is 0 Å². The molecule has 0 aliphatic heterocycles. The van der Waals surface area contributed by atoms with E-state index in [1.807, 2.05) is 13.0 Å². The van der Waals surface area contributed by atoms with Crippen LogP contribution in [0, 0.1) is 6.92 Å². The van der Waals surface area contributed by atoms with Crippen molar-refractivity contribution >= 4 is 10.8 Å². The second kappa shape index (κ2) is 7.13. The summed E-state index contributed by atoms with van der Waals surface area (Å²) in [6.07, 6.45) is 3.59. The van der Waals surface area contributed by atoms with Crippen LogP contribution in [-0.2, 0) is 0 Å². The van der Waals surface area contributed by atoms with Gasteiger partial charge in [0.25, 0.3) is 0 Å². The average Bonchev–Trinajstić information content (AvgIpc) is 3.12. The number of benzene rings is 3. The molecule has 1 aliphatic carbocycles. The molecule has 1 saturated carbocycles. The van der Waals surface area contributed by atoms with Crippen LogP contribution in [0.2, 0.25) is 0 Å². The molecule has 0 radical (unpaired) electrons. The SMILES string of the molecule is Cc1cc([C@@H]2CCC(N[C@H](C)c3cccc4ccccc34)C2)ccc1O. The van der Waals surface area contributed by atoms with Crippen LogP contribution in [0.15, 0.2) is 60.7 Å².